The van der Waals surface area contributed by atoms with Crippen molar-refractivity contribution in [3.8, 4) is 0 Å². The maximum Gasteiger partial charge on any atom is 0.261 e. The third kappa shape index (κ3) is 2.63. The molecule has 5 nitrogen and oxygen atoms in total. The van der Waals surface area contributed by atoms with Crippen molar-refractivity contribution in [3.63, 3.8) is 0 Å². The summed E-state index contributed by atoms with van der Waals surface area (Å²) in [6.07, 6.45) is 3.65. The number of aromatic nitrogens is 2. The zero-order valence-corrected chi connectivity index (χ0v) is 12.6. The van der Waals surface area contributed by atoms with Crippen LogP contribution in [-0.4, -0.2) is 22.0 Å². The molecule has 0 radical (unpaired) electrons. The molecule has 6 heteroatoms. The van der Waals surface area contributed by atoms with Gasteiger partial charge in [0.05, 0.1) is 10.9 Å². The second-order valence-electron chi connectivity index (χ2n) is 5.56. The number of amides is 1. The van der Waals surface area contributed by atoms with E-state index in [2.05, 4.69) is 10.3 Å². The number of nitrogens with zero attached hydrogens (tertiary/aromatic N) is 1. The van der Waals surface area contributed by atoms with Gasteiger partial charge in [0.15, 0.2) is 4.77 Å². The fraction of sp³-hybridized carbons (Fsp3) is 0.400. The van der Waals surface area contributed by atoms with Crippen molar-refractivity contribution < 1.29 is 4.79 Å². The van der Waals surface area contributed by atoms with Crippen LogP contribution < -0.4 is 10.9 Å². The summed E-state index contributed by atoms with van der Waals surface area (Å²) in [4.78, 5) is 27.2. The van der Waals surface area contributed by atoms with Gasteiger partial charge in [0.2, 0.25) is 0 Å². The fourth-order valence-corrected chi connectivity index (χ4v) is 2.68. The molecule has 0 saturated heterocycles. The summed E-state index contributed by atoms with van der Waals surface area (Å²) in [5, 5.41) is 3.47. The highest BCUT2D eigenvalue weighted by Gasteiger charge is 2.18. The lowest BCUT2D eigenvalue weighted by Gasteiger charge is -2.25. The molecule has 0 atom stereocenters. The molecular formula is C15H17N3O2S. The summed E-state index contributed by atoms with van der Waals surface area (Å²) in [5.74, 6) is 0.510. The van der Waals surface area contributed by atoms with Gasteiger partial charge in [-0.2, -0.15) is 0 Å². The van der Waals surface area contributed by atoms with Crippen molar-refractivity contribution in [3.05, 3.63) is 38.9 Å². The predicted octanol–water partition coefficient (Wildman–Crippen LogP) is 2.13. The summed E-state index contributed by atoms with van der Waals surface area (Å²) in [6, 6.07) is 5.03. The lowest BCUT2D eigenvalue weighted by atomic mass is 9.85. The average Bonchev–Trinajstić information content (AvgIpc) is 2.42. The zero-order valence-electron chi connectivity index (χ0n) is 11.8. The standard InChI is InChI=1S/C15H17N3O2S/c1-18-14(20)11-6-5-10(7-12(11)17-15(18)21)13(19)16-8-9-3-2-4-9/h5-7,9H,2-4,8H2,1H3,(H,16,19)(H,17,21). The molecule has 3 rings (SSSR count). The first-order valence-corrected chi connectivity index (χ1v) is 7.48. The van der Waals surface area contributed by atoms with Crippen molar-refractivity contribution in [2.24, 2.45) is 13.0 Å². The predicted molar refractivity (Wildman–Crippen MR) is 84.0 cm³/mol. The maximum atomic E-state index is 12.1. The Morgan fingerprint density at radius 2 is 2.24 bits per heavy atom. The Bertz CT molecular complexity index is 818. The molecule has 1 aromatic heterocycles. The molecule has 1 amide bonds. The third-order valence-corrected chi connectivity index (χ3v) is 4.52. The van der Waals surface area contributed by atoms with E-state index in [1.165, 1.54) is 23.8 Å². The fourth-order valence-electron chi connectivity index (χ4n) is 2.48. The van der Waals surface area contributed by atoms with Crippen molar-refractivity contribution in [2.45, 2.75) is 19.3 Å². The first kappa shape index (κ1) is 14.0. The Kier molecular flexibility index (Phi) is 3.63. The Labute approximate surface area is 127 Å². The van der Waals surface area contributed by atoms with Crippen LogP contribution in [0.5, 0.6) is 0 Å². The van der Waals surface area contributed by atoms with Gasteiger partial charge in [-0.25, -0.2) is 0 Å². The molecule has 0 bridgehead atoms. The molecule has 0 aliphatic heterocycles. The molecule has 1 aliphatic carbocycles. The van der Waals surface area contributed by atoms with Gasteiger partial charge in [-0.1, -0.05) is 6.42 Å². The smallest absolute Gasteiger partial charge is 0.261 e. The normalized spacial score (nSPS) is 14.9. The lowest BCUT2D eigenvalue weighted by Crippen LogP contribution is -2.32. The number of hydrogen-bond donors (Lipinski definition) is 2. The molecule has 110 valence electrons. The molecule has 1 aromatic carbocycles. The van der Waals surface area contributed by atoms with Crippen LogP contribution in [0.2, 0.25) is 0 Å². The summed E-state index contributed by atoms with van der Waals surface area (Å²) in [6.45, 7) is 0.726. The Balaban J connectivity index is 1.89. The van der Waals surface area contributed by atoms with E-state index < -0.39 is 0 Å². The van der Waals surface area contributed by atoms with E-state index in [0.717, 1.165) is 6.54 Å². The summed E-state index contributed by atoms with van der Waals surface area (Å²) in [7, 11) is 1.62. The van der Waals surface area contributed by atoms with Gasteiger partial charge in [0.1, 0.15) is 0 Å². The molecule has 2 aromatic rings. The van der Waals surface area contributed by atoms with Crippen molar-refractivity contribution >= 4 is 29.0 Å². The Hall–Kier alpha value is -1.95. The molecule has 0 unspecified atom stereocenters. The number of carbonyl (C=O) groups excluding carboxylic acids is 1. The molecule has 21 heavy (non-hydrogen) atoms. The number of rotatable bonds is 3. The number of fused-ring (bicyclic) bond motifs is 1. The van der Waals surface area contributed by atoms with E-state index in [1.807, 2.05) is 0 Å². The zero-order chi connectivity index (χ0) is 15.0. The quantitative estimate of drug-likeness (QED) is 0.854. The number of nitrogens with one attached hydrogen (secondary N) is 2. The minimum absolute atomic E-state index is 0.108. The molecule has 1 heterocycles. The van der Waals surface area contributed by atoms with E-state index >= 15 is 0 Å². The molecule has 1 fully saturated rings. The minimum Gasteiger partial charge on any atom is -0.352 e. The van der Waals surface area contributed by atoms with Crippen molar-refractivity contribution in [1.82, 2.24) is 14.9 Å². The van der Waals surface area contributed by atoms with Crippen LogP contribution in [-0.2, 0) is 7.05 Å². The van der Waals surface area contributed by atoms with Gasteiger partial charge in [-0.05, 0) is 49.2 Å². The number of benzene rings is 1. The highest BCUT2D eigenvalue weighted by Crippen LogP contribution is 2.25. The molecule has 0 spiro atoms. The molecular weight excluding hydrogens is 286 g/mol. The largest absolute Gasteiger partial charge is 0.352 e. The molecule has 1 saturated carbocycles. The van der Waals surface area contributed by atoms with Gasteiger partial charge >= 0.3 is 0 Å². The number of carbonyl (C=O) groups is 1. The van der Waals surface area contributed by atoms with Crippen molar-refractivity contribution in [1.29, 1.82) is 0 Å². The Morgan fingerprint density at radius 1 is 1.48 bits per heavy atom. The van der Waals surface area contributed by atoms with Gasteiger partial charge in [0.25, 0.3) is 11.5 Å². The molecule has 2 N–H and O–H groups in total. The Morgan fingerprint density at radius 3 is 2.90 bits per heavy atom. The monoisotopic (exact) mass is 303 g/mol. The first-order valence-electron chi connectivity index (χ1n) is 7.07. The van der Waals surface area contributed by atoms with E-state index in [-0.39, 0.29) is 11.5 Å². The van der Waals surface area contributed by atoms with E-state index in [0.29, 0.717) is 27.2 Å². The number of hydrogen-bond acceptors (Lipinski definition) is 3. The lowest BCUT2D eigenvalue weighted by molar-refractivity contribution is 0.0939. The minimum atomic E-state index is -0.157. The van der Waals surface area contributed by atoms with Crippen molar-refractivity contribution in [2.75, 3.05) is 6.54 Å². The number of H-pyrrole nitrogens is 1. The molecule has 1 aliphatic rings. The van der Waals surface area contributed by atoms with Gasteiger partial charge in [0, 0.05) is 19.2 Å². The average molecular weight is 303 g/mol. The van der Waals surface area contributed by atoms with Gasteiger partial charge < -0.3 is 10.3 Å². The highest BCUT2D eigenvalue weighted by molar-refractivity contribution is 7.71. The summed E-state index contributed by atoms with van der Waals surface area (Å²) < 4.78 is 1.73. The van der Waals surface area contributed by atoms with Gasteiger partial charge in [-0.3, -0.25) is 14.2 Å². The second kappa shape index (κ2) is 5.44. The van der Waals surface area contributed by atoms with Crippen LogP contribution >= 0.6 is 12.2 Å². The first-order chi connectivity index (χ1) is 10.1. The maximum absolute atomic E-state index is 12.1. The van der Waals surface area contributed by atoms with Crippen LogP contribution in [0.3, 0.4) is 0 Å². The highest BCUT2D eigenvalue weighted by atomic mass is 32.1. The topological polar surface area (TPSA) is 66.9 Å². The van der Waals surface area contributed by atoms with E-state index in [9.17, 15) is 9.59 Å². The van der Waals surface area contributed by atoms with Crippen LogP contribution in [0.15, 0.2) is 23.0 Å². The van der Waals surface area contributed by atoms with Crippen LogP contribution in [0.1, 0.15) is 29.6 Å². The summed E-state index contributed by atoms with van der Waals surface area (Å²) >= 11 is 5.09. The number of aromatic amines is 1. The third-order valence-electron chi connectivity index (χ3n) is 4.14. The van der Waals surface area contributed by atoms with E-state index in [1.54, 1.807) is 25.2 Å². The van der Waals surface area contributed by atoms with Crippen LogP contribution in [0.25, 0.3) is 10.9 Å². The van der Waals surface area contributed by atoms with Crippen LogP contribution in [0, 0.1) is 10.7 Å². The summed E-state index contributed by atoms with van der Waals surface area (Å²) in [5.41, 5.74) is 0.982. The van der Waals surface area contributed by atoms with E-state index in [4.69, 9.17) is 12.2 Å². The van der Waals surface area contributed by atoms with Crippen LogP contribution in [0.4, 0.5) is 0 Å². The van der Waals surface area contributed by atoms with Gasteiger partial charge in [-0.15, -0.1) is 0 Å². The SMILES string of the molecule is Cn1c(=S)[nH]c2cc(C(=O)NCC3CCC3)ccc2c1=O. The second-order valence-corrected chi connectivity index (χ2v) is 5.95.